The summed E-state index contributed by atoms with van der Waals surface area (Å²) in [5.74, 6) is -0.631. The fraction of sp³-hybridized carbons (Fsp3) is 0.500. The predicted molar refractivity (Wildman–Crippen MR) is 64.6 cm³/mol. The second-order valence-electron chi connectivity index (χ2n) is 5.18. The molecule has 2 fully saturated rings. The highest BCUT2D eigenvalue weighted by Crippen LogP contribution is 2.47. The summed E-state index contributed by atoms with van der Waals surface area (Å²) in [7, 11) is 0. The Morgan fingerprint density at radius 2 is 1.94 bits per heavy atom. The average molecular weight is 231 g/mol. The van der Waals surface area contributed by atoms with Crippen molar-refractivity contribution >= 4 is 5.97 Å². The quantitative estimate of drug-likeness (QED) is 0.867. The molecule has 0 aliphatic carbocycles. The maximum atomic E-state index is 11.5. The van der Waals surface area contributed by atoms with Crippen molar-refractivity contribution in [3.63, 3.8) is 0 Å². The highest BCUT2D eigenvalue weighted by Gasteiger charge is 2.56. The first-order valence-electron chi connectivity index (χ1n) is 6.26. The average Bonchev–Trinajstić information content (AvgIpc) is 2.87. The molecule has 3 rings (SSSR count). The Morgan fingerprint density at radius 1 is 1.29 bits per heavy atom. The summed E-state index contributed by atoms with van der Waals surface area (Å²) in [4.78, 5) is 13.8. The molecule has 0 radical (unpaired) electrons. The molecule has 0 spiro atoms. The normalized spacial score (nSPS) is 31.9. The van der Waals surface area contributed by atoms with Crippen LogP contribution in [0.3, 0.4) is 0 Å². The third kappa shape index (κ3) is 1.57. The van der Waals surface area contributed by atoms with E-state index in [9.17, 15) is 9.90 Å². The van der Waals surface area contributed by atoms with Gasteiger partial charge in [-0.05, 0) is 31.2 Å². The number of hydrogen-bond acceptors (Lipinski definition) is 2. The molecular formula is C14H17NO2. The number of carboxylic acids is 1. The number of hydrogen-bond donors (Lipinski definition) is 1. The minimum absolute atomic E-state index is 0.478. The van der Waals surface area contributed by atoms with Crippen molar-refractivity contribution in [3.05, 3.63) is 35.9 Å². The Labute approximate surface area is 101 Å². The monoisotopic (exact) mass is 231 g/mol. The van der Waals surface area contributed by atoms with Crippen molar-refractivity contribution in [2.45, 2.75) is 43.8 Å². The number of aliphatic carboxylic acids is 1. The molecule has 1 aromatic carbocycles. The van der Waals surface area contributed by atoms with E-state index in [1.54, 1.807) is 0 Å². The first kappa shape index (κ1) is 10.8. The van der Waals surface area contributed by atoms with Crippen LogP contribution in [0.15, 0.2) is 30.3 Å². The van der Waals surface area contributed by atoms with Gasteiger partial charge in [0.05, 0.1) is 0 Å². The van der Waals surface area contributed by atoms with E-state index < -0.39 is 11.5 Å². The van der Waals surface area contributed by atoms with Crippen LogP contribution in [0.5, 0.6) is 0 Å². The van der Waals surface area contributed by atoms with Gasteiger partial charge in [-0.25, -0.2) is 0 Å². The second kappa shape index (κ2) is 3.84. The van der Waals surface area contributed by atoms with Crippen LogP contribution in [0.4, 0.5) is 0 Å². The third-order valence-electron chi connectivity index (χ3n) is 4.37. The van der Waals surface area contributed by atoms with Gasteiger partial charge in [0.1, 0.15) is 5.54 Å². The molecule has 17 heavy (non-hydrogen) atoms. The number of benzene rings is 1. The minimum Gasteiger partial charge on any atom is -0.480 e. The molecule has 90 valence electrons. The topological polar surface area (TPSA) is 40.5 Å². The lowest BCUT2D eigenvalue weighted by atomic mass is 9.88. The zero-order valence-electron chi connectivity index (χ0n) is 9.80. The van der Waals surface area contributed by atoms with Crippen LogP contribution in [-0.2, 0) is 11.3 Å². The molecule has 2 bridgehead atoms. The molecule has 0 amide bonds. The van der Waals surface area contributed by atoms with E-state index >= 15 is 0 Å². The van der Waals surface area contributed by atoms with Gasteiger partial charge < -0.3 is 5.11 Å². The van der Waals surface area contributed by atoms with Crippen molar-refractivity contribution in [1.82, 2.24) is 4.90 Å². The van der Waals surface area contributed by atoms with E-state index in [4.69, 9.17) is 0 Å². The Balaban J connectivity index is 1.86. The van der Waals surface area contributed by atoms with Crippen molar-refractivity contribution in [2.24, 2.45) is 0 Å². The number of fused-ring (bicyclic) bond motifs is 2. The third-order valence-corrected chi connectivity index (χ3v) is 4.37. The molecule has 1 aromatic rings. The molecule has 2 saturated heterocycles. The van der Waals surface area contributed by atoms with Crippen LogP contribution in [-0.4, -0.2) is 27.6 Å². The largest absolute Gasteiger partial charge is 0.480 e. The summed E-state index contributed by atoms with van der Waals surface area (Å²) in [6.07, 6.45) is 3.72. The van der Waals surface area contributed by atoms with E-state index in [2.05, 4.69) is 17.0 Å². The molecule has 1 N–H and O–H groups in total. The Bertz CT molecular complexity index is 421. The first-order chi connectivity index (χ1) is 8.22. The highest BCUT2D eigenvalue weighted by molar-refractivity contribution is 5.80. The molecule has 3 nitrogen and oxygen atoms in total. The number of carboxylic acid groups (broad SMARTS) is 1. The summed E-state index contributed by atoms with van der Waals surface area (Å²) in [6, 6.07) is 10.7. The lowest BCUT2D eigenvalue weighted by Gasteiger charge is -2.30. The molecular weight excluding hydrogens is 214 g/mol. The van der Waals surface area contributed by atoms with Gasteiger partial charge in [0, 0.05) is 12.6 Å². The molecule has 0 aromatic heterocycles. The van der Waals surface area contributed by atoms with Crippen LogP contribution in [0.25, 0.3) is 0 Å². The van der Waals surface area contributed by atoms with E-state index in [0.717, 1.165) is 32.2 Å². The van der Waals surface area contributed by atoms with Crippen molar-refractivity contribution in [3.8, 4) is 0 Å². The van der Waals surface area contributed by atoms with Gasteiger partial charge in [-0.1, -0.05) is 30.3 Å². The van der Waals surface area contributed by atoms with E-state index in [1.165, 1.54) is 5.56 Å². The van der Waals surface area contributed by atoms with Crippen molar-refractivity contribution < 1.29 is 9.90 Å². The molecule has 0 unspecified atom stereocenters. The number of rotatable bonds is 3. The van der Waals surface area contributed by atoms with Crippen LogP contribution >= 0.6 is 0 Å². The van der Waals surface area contributed by atoms with Gasteiger partial charge in [0.2, 0.25) is 0 Å². The molecule has 2 heterocycles. The lowest BCUT2D eigenvalue weighted by molar-refractivity contribution is -0.149. The van der Waals surface area contributed by atoms with Crippen molar-refractivity contribution in [2.75, 3.05) is 0 Å². The number of carbonyl (C=O) groups is 1. The SMILES string of the molecule is O=C(O)C12CCC(CC1)N2Cc1ccccc1. The van der Waals surface area contributed by atoms with E-state index in [-0.39, 0.29) is 0 Å². The first-order valence-corrected chi connectivity index (χ1v) is 6.26. The maximum Gasteiger partial charge on any atom is 0.324 e. The maximum absolute atomic E-state index is 11.5. The Morgan fingerprint density at radius 3 is 2.53 bits per heavy atom. The van der Waals surface area contributed by atoms with Gasteiger partial charge in [0.25, 0.3) is 0 Å². The summed E-state index contributed by atoms with van der Waals surface area (Å²) in [6.45, 7) is 0.776. The van der Waals surface area contributed by atoms with Gasteiger partial charge in [-0.2, -0.15) is 0 Å². The molecule has 2 aliphatic rings. The molecule has 3 heteroatoms. The van der Waals surface area contributed by atoms with E-state index in [0.29, 0.717) is 6.04 Å². The fourth-order valence-electron chi connectivity index (χ4n) is 3.43. The van der Waals surface area contributed by atoms with Crippen LogP contribution in [0.2, 0.25) is 0 Å². The molecule has 2 aliphatic heterocycles. The van der Waals surface area contributed by atoms with Gasteiger partial charge in [0.15, 0.2) is 0 Å². The second-order valence-corrected chi connectivity index (χ2v) is 5.18. The van der Waals surface area contributed by atoms with Crippen LogP contribution < -0.4 is 0 Å². The van der Waals surface area contributed by atoms with Crippen LogP contribution in [0.1, 0.15) is 31.2 Å². The Kier molecular flexibility index (Phi) is 2.44. The summed E-state index contributed by atoms with van der Waals surface area (Å²) >= 11 is 0. The summed E-state index contributed by atoms with van der Waals surface area (Å²) < 4.78 is 0. The zero-order valence-corrected chi connectivity index (χ0v) is 9.80. The van der Waals surface area contributed by atoms with E-state index in [1.807, 2.05) is 18.2 Å². The number of nitrogens with zero attached hydrogens (tertiary/aromatic N) is 1. The smallest absolute Gasteiger partial charge is 0.324 e. The van der Waals surface area contributed by atoms with Gasteiger partial charge in [-0.15, -0.1) is 0 Å². The summed E-state index contributed by atoms with van der Waals surface area (Å²) in [5, 5.41) is 9.50. The lowest BCUT2D eigenvalue weighted by Crippen LogP contribution is -2.47. The standard InChI is InChI=1S/C14H17NO2/c16-13(17)14-8-6-12(7-9-14)15(14)10-11-4-2-1-3-5-11/h1-5,12H,6-10H2,(H,16,17). The molecule has 0 atom stereocenters. The molecule has 0 saturated carbocycles. The highest BCUT2D eigenvalue weighted by atomic mass is 16.4. The predicted octanol–water partition coefficient (Wildman–Crippen LogP) is 2.27. The van der Waals surface area contributed by atoms with Gasteiger partial charge in [-0.3, -0.25) is 9.69 Å². The fourth-order valence-corrected chi connectivity index (χ4v) is 3.43. The van der Waals surface area contributed by atoms with Crippen LogP contribution in [0, 0.1) is 0 Å². The summed E-state index contributed by atoms with van der Waals surface area (Å²) in [5.41, 5.74) is 0.646. The Hall–Kier alpha value is -1.35. The zero-order chi connectivity index (χ0) is 11.9. The van der Waals surface area contributed by atoms with Crippen molar-refractivity contribution in [1.29, 1.82) is 0 Å². The van der Waals surface area contributed by atoms with Gasteiger partial charge >= 0.3 is 5.97 Å². The minimum atomic E-state index is -0.631.